The molecule has 1 rings (SSSR count). The summed E-state index contributed by atoms with van der Waals surface area (Å²) in [4.78, 5) is 0. The van der Waals surface area contributed by atoms with Crippen molar-refractivity contribution in [1.29, 1.82) is 0 Å². The molecular weight excluding hydrogens is 247 g/mol. The molecule has 0 saturated heterocycles. The molecule has 5 heteroatoms. The van der Waals surface area contributed by atoms with Gasteiger partial charge in [-0.05, 0) is 5.56 Å². The molecule has 0 fully saturated rings. The molecule has 0 amide bonds. The topological polar surface area (TPSA) is 25.5 Å². The Bertz CT molecular complexity index is 380. The van der Waals surface area contributed by atoms with Crippen LogP contribution < -0.4 is 18.9 Å². The summed E-state index contributed by atoms with van der Waals surface area (Å²) in [6, 6.07) is 9.87. The van der Waals surface area contributed by atoms with E-state index in [2.05, 4.69) is 43.5 Å². The summed E-state index contributed by atoms with van der Waals surface area (Å²) in [6.45, 7) is 13.7. The van der Waals surface area contributed by atoms with Crippen molar-refractivity contribution in [3.63, 3.8) is 0 Å². The van der Waals surface area contributed by atoms with Crippen molar-refractivity contribution in [2.24, 2.45) is 0 Å². The van der Waals surface area contributed by atoms with E-state index in [-0.39, 0.29) is 18.9 Å². The zero-order valence-electron chi connectivity index (χ0n) is 12.8. The molecule has 0 aromatic heterocycles. The van der Waals surface area contributed by atoms with Crippen molar-refractivity contribution in [3.05, 3.63) is 41.3 Å². The molecule has 0 N–H and O–H groups in total. The second-order valence-electron chi connectivity index (χ2n) is 6.37. The van der Waals surface area contributed by atoms with Crippen LogP contribution in [0.25, 0.3) is 5.41 Å². The Balaban J connectivity index is 0.00000289. The van der Waals surface area contributed by atoms with E-state index in [4.69, 9.17) is 0 Å². The van der Waals surface area contributed by atoms with Gasteiger partial charge in [0, 0.05) is 16.5 Å². The molecule has 1 aromatic rings. The number of benzene rings is 1. The summed E-state index contributed by atoms with van der Waals surface area (Å²) >= 11 is 0. The van der Waals surface area contributed by atoms with Crippen LogP contribution in [0.3, 0.4) is 0 Å². The molecule has 0 heterocycles. The van der Waals surface area contributed by atoms with E-state index in [0.717, 1.165) is 5.56 Å². The molecule has 1 aromatic carbocycles. The van der Waals surface area contributed by atoms with Crippen molar-refractivity contribution in [2.75, 3.05) is 0 Å². The Labute approximate surface area is 126 Å². The van der Waals surface area contributed by atoms with Gasteiger partial charge in [-0.2, -0.15) is 0 Å². The van der Waals surface area contributed by atoms with Gasteiger partial charge in [0.2, 0.25) is 0 Å². The molecule has 0 aliphatic carbocycles. The van der Waals surface area contributed by atoms with E-state index < -0.39 is 16.5 Å². The molecule has 0 bridgehead atoms. The Morgan fingerprint density at radius 3 is 1.61 bits per heavy atom. The quantitative estimate of drug-likeness (QED) is 0.457. The second-order valence-corrected chi connectivity index (χ2v) is 16.4. The monoisotopic (exact) mass is 270 g/mol. The first kappa shape index (κ1) is 17.7. The minimum atomic E-state index is -1.56. The van der Waals surface area contributed by atoms with Crippen LogP contribution in [0.15, 0.2) is 30.3 Å². The van der Waals surface area contributed by atoms with Crippen LogP contribution in [0.5, 0.6) is 0 Å². The third-order valence-corrected chi connectivity index (χ3v) is 9.72. The molecule has 0 spiro atoms. The number of rotatable bonds is 3. The molecular formula is C13H23LiN2Si2. The normalized spacial score (nSPS) is 11.7. The van der Waals surface area contributed by atoms with E-state index >= 15 is 0 Å². The van der Waals surface area contributed by atoms with Crippen LogP contribution in [0.1, 0.15) is 5.56 Å². The van der Waals surface area contributed by atoms with Gasteiger partial charge < -0.3 is 9.64 Å². The minimum Gasteiger partial charge on any atom is -0.477 e. The molecule has 0 aliphatic rings. The molecule has 0 aliphatic heterocycles. The smallest absolute Gasteiger partial charge is 0.477 e. The maximum Gasteiger partial charge on any atom is 1.00 e. The summed E-state index contributed by atoms with van der Waals surface area (Å²) in [5.74, 6) is 0.462. The van der Waals surface area contributed by atoms with E-state index in [9.17, 15) is 5.41 Å². The first-order valence-corrected chi connectivity index (χ1v) is 12.9. The molecule has 0 radical (unpaired) electrons. The van der Waals surface area contributed by atoms with Crippen LogP contribution in [0.2, 0.25) is 39.3 Å². The van der Waals surface area contributed by atoms with Gasteiger partial charge in [-0.3, -0.25) is 0 Å². The van der Waals surface area contributed by atoms with Crippen LogP contribution in [-0.2, 0) is 0 Å². The van der Waals surface area contributed by atoms with Crippen LogP contribution in [-0.4, -0.2) is 26.5 Å². The summed E-state index contributed by atoms with van der Waals surface area (Å²) in [6.07, 6.45) is 0. The van der Waals surface area contributed by atoms with Gasteiger partial charge in [0.1, 0.15) is 0 Å². The van der Waals surface area contributed by atoms with Crippen LogP contribution in [0, 0.1) is 0 Å². The Hall–Kier alpha value is -0.279. The van der Waals surface area contributed by atoms with E-state index in [1.54, 1.807) is 0 Å². The summed E-state index contributed by atoms with van der Waals surface area (Å²) < 4.78 is 2.33. The van der Waals surface area contributed by atoms with Gasteiger partial charge in [-0.25, -0.2) is 0 Å². The molecule has 18 heavy (non-hydrogen) atoms. The fraction of sp³-hybridized carbons (Fsp3) is 0.462. The Kier molecular flexibility index (Phi) is 6.15. The van der Waals surface area contributed by atoms with Crippen LogP contribution in [0.4, 0.5) is 0 Å². The van der Waals surface area contributed by atoms with E-state index in [0.29, 0.717) is 5.84 Å². The number of hydrogen-bond acceptors (Lipinski definition) is 0. The molecule has 0 unspecified atom stereocenters. The van der Waals surface area contributed by atoms with Crippen LogP contribution >= 0.6 is 0 Å². The molecule has 2 nitrogen and oxygen atoms in total. The van der Waals surface area contributed by atoms with Crippen molar-refractivity contribution in [1.82, 2.24) is 4.23 Å². The van der Waals surface area contributed by atoms with Gasteiger partial charge in [-0.15, -0.1) is 0 Å². The van der Waals surface area contributed by atoms with Gasteiger partial charge in [0.25, 0.3) is 0 Å². The SMILES string of the molecule is C[Si](C)(C)N(C(=[N-])c1ccccc1)[Si](C)(C)C.[Li+]. The van der Waals surface area contributed by atoms with Crippen molar-refractivity contribution >= 4 is 22.3 Å². The zero-order chi connectivity index (χ0) is 13.3. The molecule has 0 saturated carbocycles. The average Bonchev–Trinajstić information content (AvgIpc) is 2.14. The van der Waals surface area contributed by atoms with Crippen molar-refractivity contribution < 1.29 is 18.9 Å². The fourth-order valence-electron chi connectivity index (χ4n) is 2.36. The third kappa shape index (κ3) is 4.43. The van der Waals surface area contributed by atoms with Crippen molar-refractivity contribution in [2.45, 2.75) is 39.3 Å². The first-order chi connectivity index (χ1) is 7.64. The van der Waals surface area contributed by atoms with Gasteiger partial charge in [0.15, 0.2) is 0 Å². The number of hydrogen-bond donors (Lipinski definition) is 0. The average molecular weight is 270 g/mol. The summed E-state index contributed by atoms with van der Waals surface area (Å²) in [5, 5.41) is 10.6. The predicted molar refractivity (Wildman–Crippen MR) is 82.4 cm³/mol. The predicted octanol–water partition coefficient (Wildman–Crippen LogP) is 0.978. The van der Waals surface area contributed by atoms with E-state index in [1.807, 2.05) is 30.3 Å². The largest absolute Gasteiger partial charge is 1.00 e. The van der Waals surface area contributed by atoms with Gasteiger partial charge >= 0.3 is 18.9 Å². The van der Waals surface area contributed by atoms with Gasteiger partial charge in [-0.1, -0.05) is 75.4 Å². The standard InChI is InChI=1S/C13H23N2Si2.Li/c1-16(2,3)15(17(4,5)6)13(14)12-10-8-7-9-11-12;/h7-11H,1-6H3;/q-1;+1. The Morgan fingerprint density at radius 1 is 0.889 bits per heavy atom. The maximum atomic E-state index is 10.6. The van der Waals surface area contributed by atoms with Gasteiger partial charge in [0.05, 0.1) is 0 Å². The zero-order valence-corrected chi connectivity index (χ0v) is 14.8. The van der Waals surface area contributed by atoms with E-state index in [1.165, 1.54) is 0 Å². The second kappa shape index (κ2) is 6.25. The van der Waals surface area contributed by atoms with Crippen molar-refractivity contribution in [3.8, 4) is 0 Å². The number of nitrogens with zero attached hydrogens (tertiary/aromatic N) is 2. The Morgan fingerprint density at radius 2 is 1.28 bits per heavy atom. The molecule has 0 atom stereocenters. The summed E-state index contributed by atoms with van der Waals surface area (Å²) in [5.41, 5.74) is 0.928. The number of amidine groups is 1. The summed E-state index contributed by atoms with van der Waals surface area (Å²) in [7, 11) is -3.12. The molecule has 94 valence electrons. The fourth-order valence-corrected chi connectivity index (χ4v) is 11.9. The third-order valence-electron chi connectivity index (χ3n) is 2.59. The minimum absolute atomic E-state index is 0. The first-order valence-electron chi connectivity index (χ1n) is 6.06. The maximum absolute atomic E-state index is 10.6.